The van der Waals surface area contributed by atoms with Gasteiger partial charge in [0.2, 0.25) is 0 Å². The minimum atomic E-state index is 0.753. The highest BCUT2D eigenvalue weighted by molar-refractivity contribution is 5.73. The maximum absolute atomic E-state index is 5.79. The van der Waals surface area contributed by atoms with Crippen LogP contribution in [0.2, 0.25) is 0 Å². The van der Waals surface area contributed by atoms with Crippen molar-refractivity contribution >= 4 is 5.69 Å². The molecule has 0 heterocycles. The molecule has 0 aliphatic heterocycles. The molecule has 2 rings (SSSR count). The van der Waals surface area contributed by atoms with Crippen molar-refractivity contribution in [2.75, 3.05) is 19.0 Å². The summed E-state index contributed by atoms with van der Waals surface area (Å²) in [7, 11) is 1.93. The van der Waals surface area contributed by atoms with Gasteiger partial charge in [0.25, 0.3) is 0 Å². The first kappa shape index (κ1) is 12.5. The molecule has 2 aromatic rings. The zero-order chi connectivity index (χ0) is 12.8. The van der Waals surface area contributed by atoms with Crippen LogP contribution in [0.15, 0.2) is 48.5 Å². The Hall–Kier alpha value is -1.96. The second kappa shape index (κ2) is 6.10. The fourth-order valence-electron chi connectivity index (χ4n) is 1.89. The van der Waals surface area contributed by atoms with Crippen LogP contribution in [0.1, 0.15) is 13.3 Å². The first-order valence-electron chi connectivity index (χ1n) is 6.35. The van der Waals surface area contributed by atoms with Crippen LogP contribution in [0.5, 0.6) is 5.75 Å². The van der Waals surface area contributed by atoms with Gasteiger partial charge >= 0.3 is 0 Å². The molecular formula is C16H19NO. The van der Waals surface area contributed by atoms with E-state index in [1.54, 1.807) is 0 Å². The Morgan fingerprint density at radius 1 is 1.06 bits per heavy atom. The summed E-state index contributed by atoms with van der Waals surface area (Å²) < 4.78 is 5.79. The van der Waals surface area contributed by atoms with Gasteiger partial charge in [-0.05, 0) is 30.2 Å². The van der Waals surface area contributed by atoms with Crippen LogP contribution < -0.4 is 10.1 Å². The van der Waals surface area contributed by atoms with Gasteiger partial charge in [0.05, 0.1) is 6.61 Å². The van der Waals surface area contributed by atoms with E-state index in [1.165, 1.54) is 5.56 Å². The Labute approximate surface area is 109 Å². The molecule has 0 aliphatic rings. The van der Waals surface area contributed by atoms with Crippen LogP contribution in [-0.4, -0.2) is 13.7 Å². The fourth-order valence-corrected chi connectivity index (χ4v) is 1.89. The maximum Gasteiger partial charge on any atom is 0.127 e. The predicted octanol–water partition coefficient (Wildman–Crippen LogP) is 4.18. The molecule has 2 aromatic carbocycles. The molecule has 0 amide bonds. The number of hydrogen-bond donors (Lipinski definition) is 1. The molecule has 0 radical (unpaired) electrons. The van der Waals surface area contributed by atoms with E-state index in [0.29, 0.717) is 0 Å². The van der Waals surface area contributed by atoms with Crippen LogP contribution in [0.25, 0.3) is 11.1 Å². The molecule has 0 bridgehead atoms. The lowest BCUT2D eigenvalue weighted by Crippen LogP contribution is -1.97. The van der Waals surface area contributed by atoms with Gasteiger partial charge in [-0.1, -0.05) is 37.3 Å². The summed E-state index contributed by atoms with van der Waals surface area (Å²) in [6, 6.07) is 16.5. The lowest BCUT2D eigenvalue weighted by molar-refractivity contribution is 0.318. The highest BCUT2D eigenvalue weighted by Crippen LogP contribution is 2.31. The average molecular weight is 241 g/mol. The van der Waals surface area contributed by atoms with E-state index in [4.69, 9.17) is 4.74 Å². The smallest absolute Gasteiger partial charge is 0.127 e. The quantitative estimate of drug-likeness (QED) is 0.847. The number of benzene rings is 2. The molecule has 18 heavy (non-hydrogen) atoms. The monoisotopic (exact) mass is 241 g/mol. The summed E-state index contributed by atoms with van der Waals surface area (Å²) in [6.07, 6.45) is 1.02. The van der Waals surface area contributed by atoms with Crippen molar-refractivity contribution in [1.29, 1.82) is 0 Å². The van der Waals surface area contributed by atoms with Gasteiger partial charge in [0.15, 0.2) is 0 Å². The van der Waals surface area contributed by atoms with Crippen molar-refractivity contribution < 1.29 is 4.74 Å². The normalized spacial score (nSPS) is 10.1. The van der Waals surface area contributed by atoms with Crippen molar-refractivity contribution in [3.8, 4) is 16.9 Å². The lowest BCUT2D eigenvalue weighted by Gasteiger charge is -2.11. The summed E-state index contributed by atoms with van der Waals surface area (Å²) in [6.45, 7) is 2.87. The van der Waals surface area contributed by atoms with Gasteiger partial charge in [-0.3, -0.25) is 0 Å². The molecule has 0 spiro atoms. The van der Waals surface area contributed by atoms with Gasteiger partial charge in [-0.25, -0.2) is 0 Å². The molecule has 0 fully saturated rings. The largest absolute Gasteiger partial charge is 0.493 e. The van der Waals surface area contributed by atoms with Crippen LogP contribution in [0.4, 0.5) is 5.69 Å². The van der Waals surface area contributed by atoms with Gasteiger partial charge < -0.3 is 10.1 Å². The van der Waals surface area contributed by atoms with Gasteiger partial charge in [0.1, 0.15) is 5.75 Å². The van der Waals surface area contributed by atoms with E-state index >= 15 is 0 Å². The first-order chi connectivity index (χ1) is 8.85. The third-order valence-electron chi connectivity index (χ3n) is 2.81. The molecule has 0 unspecified atom stereocenters. The molecule has 1 N–H and O–H groups in total. The Kier molecular flexibility index (Phi) is 4.24. The van der Waals surface area contributed by atoms with Crippen LogP contribution in [-0.2, 0) is 0 Å². The highest BCUT2D eigenvalue weighted by Gasteiger charge is 2.05. The Morgan fingerprint density at radius 2 is 1.89 bits per heavy atom. The summed E-state index contributed by atoms with van der Waals surface area (Å²) in [4.78, 5) is 0. The number of ether oxygens (including phenoxy) is 1. The highest BCUT2D eigenvalue weighted by atomic mass is 16.5. The Morgan fingerprint density at radius 3 is 2.67 bits per heavy atom. The molecule has 0 aromatic heterocycles. The molecule has 0 aliphatic carbocycles. The second-order valence-corrected chi connectivity index (χ2v) is 4.18. The van der Waals surface area contributed by atoms with Crippen molar-refractivity contribution in [3.05, 3.63) is 48.5 Å². The second-order valence-electron chi connectivity index (χ2n) is 4.18. The van der Waals surface area contributed by atoms with Crippen LogP contribution in [0.3, 0.4) is 0 Å². The molecule has 2 nitrogen and oxygen atoms in total. The van der Waals surface area contributed by atoms with Crippen LogP contribution in [0, 0.1) is 0 Å². The number of nitrogens with one attached hydrogen (secondary N) is 1. The summed E-state index contributed by atoms with van der Waals surface area (Å²) in [5.74, 6) is 0.951. The predicted molar refractivity (Wildman–Crippen MR) is 77.2 cm³/mol. The molecule has 0 atom stereocenters. The van der Waals surface area contributed by atoms with Crippen molar-refractivity contribution in [1.82, 2.24) is 0 Å². The summed E-state index contributed by atoms with van der Waals surface area (Å²) in [5.41, 5.74) is 3.43. The molecule has 0 saturated carbocycles. The Balaban J connectivity index is 2.36. The van der Waals surface area contributed by atoms with E-state index in [9.17, 15) is 0 Å². The first-order valence-corrected chi connectivity index (χ1v) is 6.35. The number of anilines is 1. The fraction of sp³-hybridized carbons (Fsp3) is 0.250. The van der Waals surface area contributed by atoms with Crippen LogP contribution >= 0.6 is 0 Å². The van der Waals surface area contributed by atoms with Crippen molar-refractivity contribution in [2.45, 2.75) is 13.3 Å². The van der Waals surface area contributed by atoms with Crippen molar-refractivity contribution in [3.63, 3.8) is 0 Å². The van der Waals surface area contributed by atoms with Gasteiger partial charge in [-0.15, -0.1) is 0 Å². The average Bonchev–Trinajstić information content (AvgIpc) is 2.45. The van der Waals surface area contributed by atoms with E-state index < -0.39 is 0 Å². The third-order valence-corrected chi connectivity index (χ3v) is 2.81. The zero-order valence-electron chi connectivity index (χ0n) is 10.9. The molecule has 2 heteroatoms. The van der Waals surface area contributed by atoms with E-state index in [0.717, 1.165) is 30.0 Å². The Bertz CT molecular complexity index is 508. The summed E-state index contributed by atoms with van der Waals surface area (Å²) in [5, 5.41) is 3.16. The van der Waals surface area contributed by atoms with Crippen molar-refractivity contribution in [2.24, 2.45) is 0 Å². The summed E-state index contributed by atoms with van der Waals surface area (Å²) >= 11 is 0. The zero-order valence-corrected chi connectivity index (χ0v) is 10.9. The molecule has 94 valence electrons. The maximum atomic E-state index is 5.79. The number of rotatable bonds is 5. The van der Waals surface area contributed by atoms with E-state index in [1.807, 2.05) is 25.2 Å². The molecular weight excluding hydrogens is 222 g/mol. The SMILES string of the molecule is CCCOc1ccccc1-c1cccc(NC)c1. The van der Waals surface area contributed by atoms with E-state index in [-0.39, 0.29) is 0 Å². The minimum absolute atomic E-state index is 0.753. The molecule has 0 saturated heterocycles. The number of para-hydroxylation sites is 1. The van der Waals surface area contributed by atoms with Gasteiger partial charge in [0, 0.05) is 18.3 Å². The topological polar surface area (TPSA) is 21.3 Å². The number of hydrogen-bond acceptors (Lipinski definition) is 2. The third kappa shape index (κ3) is 2.83. The van der Waals surface area contributed by atoms with Gasteiger partial charge in [-0.2, -0.15) is 0 Å². The standard InChI is InChI=1S/C16H19NO/c1-3-11-18-16-10-5-4-9-15(16)13-7-6-8-14(12-13)17-2/h4-10,12,17H,3,11H2,1-2H3. The lowest BCUT2D eigenvalue weighted by atomic mass is 10.0. The van der Waals surface area contributed by atoms with E-state index in [2.05, 4.69) is 42.6 Å². The minimum Gasteiger partial charge on any atom is -0.493 e.